The molecule has 0 N–H and O–H groups in total. The van der Waals surface area contributed by atoms with Gasteiger partial charge in [-0.2, -0.15) is 0 Å². The SMILES string of the molecule is CCc1ccc2c(c1)CC(C)CC2. The van der Waals surface area contributed by atoms with E-state index in [-0.39, 0.29) is 0 Å². The van der Waals surface area contributed by atoms with Gasteiger partial charge in [0, 0.05) is 0 Å². The van der Waals surface area contributed by atoms with E-state index in [4.69, 9.17) is 0 Å². The summed E-state index contributed by atoms with van der Waals surface area (Å²) in [6.07, 6.45) is 5.13. The van der Waals surface area contributed by atoms with Crippen LogP contribution in [0.15, 0.2) is 18.2 Å². The largest absolute Gasteiger partial charge is 0.0622 e. The van der Waals surface area contributed by atoms with Crippen molar-refractivity contribution in [1.82, 2.24) is 0 Å². The lowest BCUT2D eigenvalue weighted by molar-refractivity contribution is 0.501. The maximum absolute atomic E-state index is 2.41. The topological polar surface area (TPSA) is 0 Å². The predicted molar refractivity (Wildman–Crippen MR) is 57.0 cm³/mol. The molecule has 1 aromatic rings. The molecule has 0 fully saturated rings. The highest BCUT2D eigenvalue weighted by molar-refractivity contribution is 5.34. The Hall–Kier alpha value is -0.780. The smallest absolute Gasteiger partial charge is 0.0250 e. The van der Waals surface area contributed by atoms with Gasteiger partial charge in [-0.15, -0.1) is 0 Å². The highest BCUT2D eigenvalue weighted by Crippen LogP contribution is 2.25. The molecule has 0 radical (unpaired) electrons. The summed E-state index contributed by atoms with van der Waals surface area (Å²) in [5.41, 5.74) is 4.70. The van der Waals surface area contributed by atoms with Gasteiger partial charge in [0.1, 0.15) is 0 Å². The Morgan fingerprint density at radius 2 is 2.15 bits per heavy atom. The Morgan fingerprint density at radius 3 is 2.92 bits per heavy atom. The molecule has 1 aliphatic rings. The first-order chi connectivity index (χ1) is 6.29. The lowest BCUT2D eigenvalue weighted by Crippen LogP contribution is -2.11. The normalized spacial score (nSPS) is 21.2. The van der Waals surface area contributed by atoms with Crippen LogP contribution >= 0.6 is 0 Å². The van der Waals surface area contributed by atoms with Crippen LogP contribution in [0.4, 0.5) is 0 Å². The molecule has 0 saturated heterocycles. The highest BCUT2D eigenvalue weighted by atomic mass is 14.2. The summed E-state index contributed by atoms with van der Waals surface area (Å²) in [6, 6.07) is 7.03. The first-order valence-corrected chi connectivity index (χ1v) is 5.40. The fourth-order valence-corrected chi connectivity index (χ4v) is 2.21. The van der Waals surface area contributed by atoms with Crippen LogP contribution in [0, 0.1) is 5.92 Å². The van der Waals surface area contributed by atoms with E-state index in [0.717, 1.165) is 5.92 Å². The summed E-state index contributed by atoms with van der Waals surface area (Å²) in [5, 5.41) is 0. The monoisotopic (exact) mass is 174 g/mol. The van der Waals surface area contributed by atoms with Crippen LogP contribution in [0.3, 0.4) is 0 Å². The number of rotatable bonds is 1. The Kier molecular flexibility index (Phi) is 2.39. The van der Waals surface area contributed by atoms with Crippen LogP contribution in [0.25, 0.3) is 0 Å². The molecule has 0 heteroatoms. The van der Waals surface area contributed by atoms with Crippen LogP contribution in [0.1, 0.15) is 37.0 Å². The quantitative estimate of drug-likeness (QED) is 0.612. The Balaban J connectivity index is 2.32. The average Bonchev–Trinajstić information content (AvgIpc) is 2.16. The van der Waals surface area contributed by atoms with Gasteiger partial charge in [-0.25, -0.2) is 0 Å². The summed E-state index contributed by atoms with van der Waals surface area (Å²) in [5.74, 6) is 0.889. The fraction of sp³-hybridized carbons (Fsp3) is 0.538. The molecule has 1 aliphatic carbocycles. The number of benzene rings is 1. The van der Waals surface area contributed by atoms with Crippen LogP contribution in [0.2, 0.25) is 0 Å². The molecule has 0 aromatic heterocycles. The van der Waals surface area contributed by atoms with Crippen molar-refractivity contribution >= 4 is 0 Å². The van der Waals surface area contributed by atoms with E-state index < -0.39 is 0 Å². The maximum atomic E-state index is 2.41. The molecule has 0 saturated carbocycles. The van der Waals surface area contributed by atoms with Gasteiger partial charge in [0.25, 0.3) is 0 Å². The van der Waals surface area contributed by atoms with E-state index in [2.05, 4.69) is 32.0 Å². The zero-order valence-corrected chi connectivity index (χ0v) is 8.64. The van der Waals surface area contributed by atoms with Gasteiger partial charge in [0.15, 0.2) is 0 Å². The van der Waals surface area contributed by atoms with Crippen LogP contribution < -0.4 is 0 Å². The molecule has 0 aliphatic heterocycles. The van der Waals surface area contributed by atoms with Gasteiger partial charge in [-0.05, 0) is 48.3 Å². The second-order valence-corrected chi connectivity index (χ2v) is 4.30. The summed E-state index contributed by atoms with van der Waals surface area (Å²) in [6.45, 7) is 4.59. The summed E-state index contributed by atoms with van der Waals surface area (Å²) < 4.78 is 0. The van der Waals surface area contributed by atoms with Crippen molar-refractivity contribution in [1.29, 1.82) is 0 Å². The highest BCUT2D eigenvalue weighted by Gasteiger charge is 2.14. The Labute approximate surface area is 81.0 Å². The summed E-state index contributed by atoms with van der Waals surface area (Å²) >= 11 is 0. The lowest BCUT2D eigenvalue weighted by Gasteiger charge is -2.21. The standard InChI is InChI=1S/C13H18/c1-3-11-5-7-12-6-4-10(2)8-13(12)9-11/h5,7,9-10H,3-4,6,8H2,1-2H3. The van der Waals surface area contributed by atoms with Gasteiger partial charge < -0.3 is 0 Å². The van der Waals surface area contributed by atoms with E-state index in [0.29, 0.717) is 0 Å². The molecule has 0 heterocycles. The van der Waals surface area contributed by atoms with E-state index >= 15 is 0 Å². The third-order valence-electron chi connectivity index (χ3n) is 3.15. The third kappa shape index (κ3) is 1.77. The molecule has 0 nitrogen and oxygen atoms in total. The van der Waals surface area contributed by atoms with Crippen LogP contribution in [0.5, 0.6) is 0 Å². The molecule has 1 atom stereocenters. The molecule has 0 spiro atoms. The molecule has 0 bridgehead atoms. The summed E-state index contributed by atoms with van der Waals surface area (Å²) in [4.78, 5) is 0. The second kappa shape index (κ2) is 3.53. The van der Waals surface area contributed by atoms with Crippen LogP contribution in [-0.2, 0) is 19.3 Å². The molecule has 13 heavy (non-hydrogen) atoms. The number of hydrogen-bond donors (Lipinski definition) is 0. The van der Waals surface area contributed by atoms with Gasteiger partial charge in [-0.1, -0.05) is 32.0 Å². The van der Waals surface area contributed by atoms with E-state index in [1.54, 1.807) is 11.1 Å². The van der Waals surface area contributed by atoms with Crippen molar-refractivity contribution in [2.45, 2.75) is 39.5 Å². The summed E-state index contributed by atoms with van der Waals surface area (Å²) in [7, 11) is 0. The molecular formula is C13H18. The van der Waals surface area contributed by atoms with Crippen molar-refractivity contribution in [2.24, 2.45) is 5.92 Å². The van der Waals surface area contributed by atoms with E-state index in [9.17, 15) is 0 Å². The van der Waals surface area contributed by atoms with Gasteiger partial charge in [0.2, 0.25) is 0 Å². The molecule has 1 aromatic carbocycles. The van der Waals surface area contributed by atoms with Gasteiger partial charge >= 0.3 is 0 Å². The number of hydrogen-bond acceptors (Lipinski definition) is 0. The molecule has 2 rings (SSSR count). The first kappa shape index (κ1) is 8.80. The zero-order chi connectivity index (χ0) is 9.26. The lowest BCUT2D eigenvalue weighted by atomic mass is 9.84. The average molecular weight is 174 g/mol. The van der Waals surface area contributed by atoms with Crippen molar-refractivity contribution in [3.8, 4) is 0 Å². The molecule has 1 unspecified atom stereocenters. The van der Waals surface area contributed by atoms with Crippen molar-refractivity contribution in [2.75, 3.05) is 0 Å². The minimum atomic E-state index is 0.889. The third-order valence-corrected chi connectivity index (χ3v) is 3.15. The van der Waals surface area contributed by atoms with E-state index in [1.165, 1.54) is 31.2 Å². The predicted octanol–water partition coefficient (Wildman–Crippen LogP) is 3.37. The van der Waals surface area contributed by atoms with Crippen LogP contribution in [-0.4, -0.2) is 0 Å². The van der Waals surface area contributed by atoms with Gasteiger partial charge in [0.05, 0.1) is 0 Å². The van der Waals surface area contributed by atoms with Crippen molar-refractivity contribution in [3.63, 3.8) is 0 Å². The second-order valence-electron chi connectivity index (χ2n) is 4.30. The Morgan fingerprint density at radius 1 is 1.31 bits per heavy atom. The van der Waals surface area contributed by atoms with Crippen molar-refractivity contribution in [3.05, 3.63) is 34.9 Å². The minimum absolute atomic E-state index is 0.889. The molecule has 70 valence electrons. The molecular weight excluding hydrogens is 156 g/mol. The zero-order valence-electron chi connectivity index (χ0n) is 8.64. The van der Waals surface area contributed by atoms with Crippen molar-refractivity contribution < 1.29 is 0 Å². The number of fused-ring (bicyclic) bond motifs is 1. The van der Waals surface area contributed by atoms with Gasteiger partial charge in [-0.3, -0.25) is 0 Å². The maximum Gasteiger partial charge on any atom is -0.0250 e. The van der Waals surface area contributed by atoms with E-state index in [1.807, 2.05) is 0 Å². The minimum Gasteiger partial charge on any atom is -0.0622 e. The Bertz CT molecular complexity index is 299. The first-order valence-electron chi connectivity index (χ1n) is 5.40. The fourth-order valence-electron chi connectivity index (χ4n) is 2.21. The number of aryl methyl sites for hydroxylation is 2. The molecule has 0 amide bonds.